The molecule has 0 aromatic heterocycles. The van der Waals surface area contributed by atoms with E-state index in [0.29, 0.717) is 18.6 Å². The average molecular weight is 544 g/mol. The summed E-state index contributed by atoms with van der Waals surface area (Å²) in [4.78, 5) is 15.5. The Balaban J connectivity index is 0.00000318. The monoisotopic (exact) mass is 543 g/mol. The van der Waals surface area contributed by atoms with Gasteiger partial charge in [-0.3, -0.25) is 4.99 Å². The summed E-state index contributed by atoms with van der Waals surface area (Å²) in [5, 5.41) is 14.6. The Bertz CT molecular complexity index is 1090. The van der Waals surface area contributed by atoms with Crippen LogP contribution >= 0.6 is 0 Å². The Labute approximate surface area is 219 Å². The number of benzene rings is 1. The first-order chi connectivity index (χ1) is 17.6. The molecule has 0 amide bonds. The minimum atomic E-state index is -5.02. The van der Waals surface area contributed by atoms with Crippen LogP contribution in [0.4, 0.5) is 26.3 Å². The van der Waals surface area contributed by atoms with Gasteiger partial charge in [0.2, 0.25) is 0 Å². The van der Waals surface area contributed by atoms with Crippen LogP contribution in [0.1, 0.15) is 64.2 Å². The molecule has 0 aliphatic carbocycles. The van der Waals surface area contributed by atoms with Crippen LogP contribution in [-0.4, -0.2) is 28.0 Å². The number of nitrogens with zero attached hydrogens (tertiary/aromatic N) is 3. The fourth-order valence-corrected chi connectivity index (χ4v) is 2.70. The van der Waals surface area contributed by atoms with Gasteiger partial charge in [-0.15, -0.1) is 12.3 Å². The van der Waals surface area contributed by atoms with E-state index in [2.05, 4.69) is 22.6 Å². The number of halogens is 6. The molecule has 1 N–H and O–H groups in total. The van der Waals surface area contributed by atoms with Gasteiger partial charge >= 0.3 is 18.3 Å². The number of alkyl halides is 6. The molecule has 0 aliphatic heterocycles. The van der Waals surface area contributed by atoms with Crippen molar-refractivity contribution < 1.29 is 36.2 Å². The zero-order valence-corrected chi connectivity index (χ0v) is 21.8. The lowest BCUT2D eigenvalue weighted by Gasteiger charge is -2.20. The van der Waals surface area contributed by atoms with Crippen LogP contribution in [-0.2, 0) is 17.1 Å². The lowest BCUT2D eigenvalue weighted by Crippen LogP contribution is -2.20. The molecule has 0 heterocycles. The predicted octanol–water partition coefficient (Wildman–Crippen LogP) is 7.91. The van der Waals surface area contributed by atoms with Crippen molar-refractivity contribution in [3.63, 3.8) is 0 Å². The molecule has 0 saturated carbocycles. The Morgan fingerprint density at radius 3 is 2.00 bits per heavy atom. The smallest absolute Gasteiger partial charge is 0.416 e. The number of aliphatic imine (C=N–C) groups is 1. The van der Waals surface area contributed by atoms with Gasteiger partial charge in [-0.1, -0.05) is 27.4 Å². The molecule has 0 aliphatic rings. The maximum Gasteiger partial charge on any atom is 0.416 e. The van der Waals surface area contributed by atoms with Crippen LogP contribution in [0.5, 0.6) is 0 Å². The Morgan fingerprint density at radius 1 is 1.16 bits per heavy atom. The molecule has 1 unspecified atom stereocenters. The lowest BCUT2D eigenvalue weighted by atomic mass is 9.93. The van der Waals surface area contributed by atoms with E-state index in [0.717, 1.165) is 23.8 Å². The highest BCUT2D eigenvalue weighted by Gasteiger charge is 2.37. The first kappa shape index (κ1) is 34.2. The summed E-state index contributed by atoms with van der Waals surface area (Å²) in [7, 11) is 0. The molecule has 1 atom stereocenters. The fourth-order valence-electron chi connectivity index (χ4n) is 2.70. The van der Waals surface area contributed by atoms with Crippen molar-refractivity contribution in [2.24, 2.45) is 16.0 Å². The Hall–Kier alpha value is -3.81. The number of carbonyl (C=O) groups is 1. The molecule has 0 bridgehead atoms. The summed E-state index contributed by atoms with van der Waals surface area (Å²) in [6.07, 6.45) is 0.760. The van der Waals surface area contributed by atoms with Crippen LogP contribution in [0.2, 0.25) is 0 Å². The number of hydrogen-bond acceptors (Lipinski definition) is 4. The Morgan fingerprint density at radius 2 is 1.66 bits per heavy atom. The van der Waals surface area contributed by atoms with E-state index >= 15 is 0 Å². The molecule has 208 valence electrons. The van der Waals surface area contributed by atoms with Gasteiger partial charge in [0.25, 0.3) is 0 Å². The molecule has 11 heteroatoms. The van der Waals surface area contributed by atoms with Crippen molar-refractivity contribution in [2.75, 3.05) is 0 Å². The largest absolute Gasteiger partial charge is 0.478 e. The highest BCUT2D eigenvalue weighted by molar-refractivity contribution is 6.02. The third kappa shape index (κ3) is 11.1. The van der Waals surface area contributed by atoms with Gasteiger partial charge in [-0.05, 0) is 49.6 Å². The molecule has 1 rings (SSSR count). The van der Waals surface area contributed by atoms with Crippen LogP contribution in [0.15, 0.2) is 64.6 Å². The first-order valence-corrected chi connectivity index (χ1v) is 11.4. The standard InChI is InChI=1S/C23H25F6N3O2.C4H6/c1-6-14(4)20(16-9-17(22(24,25)26)11-18(10-16)23(27,28)29)31-32(8-3)13-19(21(33)34)15(5)12-30-7-2;1-3-4-2/h7-14H,3,6H2,1-2,4-5H3,(H,33,34);1H,4H2,2H3/b15-12+,19-13+,30-7?,31-20+;. The Kier molecular flexibility index (Phi) is 13.9. The van der Waals surface area contributed by atoms with Gasteiger partial charge in [0.15, 0.2) is 0 Å². The molecule has 1 aromatic carbocycles. The number of hydrazone groups is 1. The van der Waals surface area contributed by atoms with Crippen LogP contribution in [0.25, 0.3) is 0 Å². The highest BCUT2D eigenvalue weighted by atomic mass is 19.4. The summed E-state index contributed by atoms with van der Waals surface area (Å²) >= 11 is 0. The van der Waals surface area contributed by atoms with E-state index in [1.54, 1.807) is 20.8 Å². The van der Waals surface area contributed by atoms with E-state index < -0.39 is 40.9 Å². The number of carboxylic acid groups (broad SMARTS) is 1. The second-order valence-corrected chi connectivity index (χ2v) is 7.78. The second-order valence-electron chi connectivity index (χ2n) is 7.78. The molecule has 0 spiro atoms. The van der Waals surface area contributed by atoms with Crippen molar-refractivity contribution in [3.05, 3.63) is 71.2 Å². The molecule has 1 aromatic rings. The lowest BCUT2D eigenvalue weighted by molar-refractivity contribution is -0.143. The zero-order chi connectivity index (χ0) is 29.7. The van der Waals surface area contributed by atoms with E-state index in [9.17, 15) is 36.2 Å². The highest BCUT2D eigenvalue weighted by Crippen LogP contribution is 2.37. The molecule has 0 radical (unpaired) electrons. The number of aliphatic carboxylic acids is 1. The van der Waals surface area contributed by atoms with Crippen molar-refractivity contribution >= 4 is 17.9 Å². The zero-order valence-electron chi connectivity index (χ0n) is 21.8. The van der Waals surface area contributed by atoms with Gasteiger partial charge in [0, 0.05) is 37.2 Å². The summed E-state index contributed by atoms with van der Waals surface area (Å²) in [6, 6.07) is 1.21. The summed E-state index contributed by atoms with van der Waals surface area (Å²) in [5.74, 6) is 0.514. The van der Waals surface area contributed by atoms with Gasteiger partial charge < -0.3 is 5.11 Å². The minimum absolute atomic E-state index is 0.0356. The maximum atomic E-state index is 13.3. The number of terminal acetylenes is 1. The van der Waals surface area contributed by atoms with Crippen molar-refractivity contribution in [1.29, 1.82) is 0 Å². The SMILES string of the molecule is C#CCC.C=CN(/C=C(C(=O)O)\C(C)=C\N=CC)/N=C(/c1cc(C(F)(F)F)cc(C(F)(F)F)c1)C(C)CC. The molecular weight excluding hydrogens is 512 g/mol. The van der Waals surface area contributed by atoms with Crippen LogP contribution in [0, 0.1) is 18.3 Å². The second kappa shape index (κ2) is 15.4. The van der Waals surface area contributed by atoms with Crippen molar-refractivity contribution in [3.8, 4) is 12.3 Å². The molecule has 5 nitrogen and oxygen atoms in total. The van der Waals surface area contributed by atoms with E-state index in [-0.39, 0.29) is 22.9 Å². The number of hydrogen-bond donors (Lipinski definition) is 1. The summed E-state index contributed by atoms with van der Waals surface area (Å²) < 4.78 is 80.0. The van der Waals surface area contributed by atoms with Crippen LogP contribution < -0.4 is 0 Å². The number of carboxylic acids is 1. The average Bonchev–Trinajstić information content (AvgIpc) is 2.85. The third-order valence-corrected chi connectivity index (χ3v) is 4.91. The van der Waals surface area contributed by atoms with E-state index in [4.69, 9.17) is 6.42 Å². The predicted molar refractivity (Wildman–Crippen MR) is 137 cm³/mol. The molecule has 0 fully saturated rings. The van der Waals surface area contributed by atoms with E-state index in [1.165, 1.54) is 19.3 Å². The normalized spacial score (nSPS) is 13.9. The van der Waals surface area contributed by atoms with Crippen molar-refractivity contribution in [1.82, 2.24) is 5.01 Å². The van der Waals surface area contributed by atoms with E-state index in [1.807, 2.05) is 6.92 Å². The third-order valence-electron chi connectivity index (χ3n) is 4.91. The molecule has 38 heavy (non-hydrogen) atoms. The quantitative estimate of drug-likeness (QED) is 0.0860. The minimum Gasteiger partial charge on any atom is -0.478 e. The molecular formula is C27H31F6N3O2. The fraction of sp³-hybridized carbons (Fsp3) is 0.370. The summed E-state index contributed by atoms with van der Waals surface area (Å²) in [6.45, 7) is 11.8. The first-order valence-electron chi connectivity index (χ1n) is 11.4. The van der Waals surface area contributed by atoms with Gasteiger partial charge in [-0.25, -0.2) is 9.80 Å². The topological polar surface area (TPSA) is 65.3 Å². The van der Waals surface area contributed by atoms with Gasteiger partial charge in [0.1, 0.15) is 0 Å². The van der Waals surface area contributed by atoms with Gasteiger partial charge in [0.05, 0.1) is 22.4 Å². The summed E-state index contributed by atoms with van der Waals surface area (Å²) in [5.41, 5.74) is -3.47. The van der Waals surface area contributed by atoms with Crippen LogP contribution in [0.3, 0.4) is 0 Å². The van der Waals surface area contributed by atoms with Crippen molar-refractivity contribution in [2.45, 2.75) is 59.8 Å². The number of rotatable bonds is 9. The maximum absolute atomic E-state index is 13.3. The van der Waals surface area contributed by atoms with Gasteiger partial charge in [-0.2, -0.15) is 31.4 Å². The molecule has 0 saturated heterocycles.